The Morgan fingerprint density at radius 3 is 2.80 bits per heavy atom. The van der Waals surface area contributed by atoms with Crippen molar-refractivity contribution in [3.63, 3.8) is 0 Å². The van der Waals surface area contributed by atoms with Gasteiger partial charge in [-0.25, -0.2) is 0 Å². The van der Waals surface area contributed by atoms with E-state index < -0.39 is 4.92 Å². The van der Waals surface area contributed by atoms with Crippen molar-refractivity contribution in [3.05, 3.63) is 64.2 Å². The second-order valence-corrected chi connectivity index (χ2v) is 5.25. The fraction of sp³-hybridized carbons (Fsp3) is 0.222. The number of anilines is 1. The van der Waals surface area contributed by atoms with Crippen LogP contribution in [-0.4, -0.2) is 17.4 Å². The van der Waals surface area contributed by atoms with E-state index in [0.29, 0.717) is 36.4 Å². The van der Waals surface area contributed by atoms with E-state index >= 15 is 0 Å². The zero-order valence-electron chi connectivity index (χ0n) is 13.5. The molecule has 0 radical (unpaired) electrons. The maximum Gasteiger partial charge on any atom is 0.273 e. The van der Waals surface area contributed by atoms with E-state index in [1.807, 2.05) is 6.07 Å². The van der Waals surface area contributed by atoms with Crippen molar-refractivity contribution >= 4 is 17.3 Å². The summed E-state index contributed by atoms with van der Waals surface area (Å²) in [5.74, 6) is 0.234. The minimum Gasteiger partial charge on any atom is -0.493 e. The van der Waals surface area contributed by atoms with Crippen molar-refractivity contribution in [2.45, 2.75) is 19.3 Å². The summed E-state index contributed by atoms with van der Waals surface area (Å²) >= 11 is 0. The number of unbranched alkanes of at least 4 members (excludes halogenated alkanes) is 1. The topological polar surface area (TPSA) is 105 Å². The summed E-state index contributed by atoms with van der Waals surface area (Å²) in [5, 5.41) is 22.2. The molecule has 0 unspecified atom stereocenters. The predicted molar refractivity (Wildman–Crippen MR) is 92.2 cm³/mol. The third kappa shape index (κ3) is 5.62. The van der Waals surface area contributed by atoms with E-state index in [0.717, 1.165) is 0 Å². The first-order valence-corrected chi connectivity index (χ1v) is 7.72. The molecule has 0 spiro atoms. The molecule has 0 bridgehead atoms. The molecule has 0 heterocycles. The number of nitro groups is 1. The minimum absolute atomic E-state index is 0.0766. The number of nitro benzene ring substituents is 1. The van der Waals surface area contributed by atoms with Gasteiger partial charge in [0, 0.05) is 29.8 Å². The van der Waals surface area contributed by atoms with Gasteiger partial charge < -0.3 is 10.1 Å². The van der Waals surface area contributed by atoms with Crippen LogP contribution in [0.5, 0.6) is 5.75 Å². The number of rotatable bonds is 8. The average Bonchev–Trinajstić information content (AvgIpc) is 2.59. The first-order valence-electron chi connectivity index (χ1n) is 7.72. The molecule has 0 aliphatic carbocycles. The normalized spacial score (nSPS) is 9.88. The van der Waals surface area contributed by atoms with Gasteiger partial charge in [-0.2, -0.15) is 5.26 Å². The van der Waals surface area contributed by atoms with Crippen molar-refractivity contribution in [2.24, 2.45) is 0 Å². The molecular formula is C18H17N3O4. The molecule has 0 fully saturated rings. The number of nitriles is 1. The monoisotopic (exact) mass is 339 g/mol. The van der Waals surface area contributed by atoms with Crippen LogP contribution < -0.4 is 10.1 Å². The Hall–Kier alpha value is -3.40. The zero-order chi connectivity index (χ0) is 18.1. The van der Waals surface area contributed by atoms with Crippen molar-refractivity contribution in [1.29, 1.82) is 5.26 Å². The second kappa shape index (κ2) is 9.03. The highest BCUT2D eigenvalue weighted by molar-refractivity contribution is 5.93. The number of hydrogen-bond acceptors (Lipinski definition) is 5. The number of benzene rings is 2. The smallest absolute Gasteiger partial charge is 0.273 e. The summed E-state index contributed by atoms with van der Waals surface area (Å²) in [6.07, 6.45) is 0.960. The largest absolute Gasteiger partial charge is 0.493 e. The fourth-order valence-corrected chi connectivity index (χ4v) is 2.22. The number of para-hydroxylation sites is 1. The highest BCUT2D eigenvalue weighted by Crippen LogP contribution is 2.20. The van der Waals surface area contributed by atoms with Crippen LogP contribution in [0.25, 0.3) is 0 Å². The minimum atomic E-state index is -0.502. The highest BCUT2D eigenvalue weighted by Gasteiger charge is 2.15. The molecule has 2 aromatic rings. The summed E-state index contributed by atoms with van der Waals surface area (Å²) < 4.78 is 5.51. The summed E-state index contributed by atoms with van der Waals surface area (Å²) in [4.78, 5) is 22.6. The molecule has 25 heavy (non-hydrogen) atoms. The van der Waals surface area contributed by atoms with Crippen LogP contribution in [0.3, 0.4) is 0 Å². The summed E-state index contributed by atoms with van der Waals surface area (Å²) in [6, 6.07) is 15.1. The lowest BCUT2D eigenvalue weighted by atomic mass is 10.1. The maximum absolute atomic E-state index is 12.2. The van der Waals surface area contributed by atoms with Crippen LogP contribution in [0.1, 0.15) is 18.4 Å². The van der Waals surface area contributed by atoms with E-state index in [1.165, 1.54) is 6.07 Å². The molecule has 0 saturated carbocycles. The van der Waals surface area contributed by atoms with E-state index in [1.54, 1.807) is 42.5 Å². The van der Waals surface area contributed by atoms with E-state index in [-0.39, 0.29) is 18.0 Å². The van der Waals surface area contributed by atoms with Gasteiger partial charge in [0.2, 0.25) is 5.91 Å². The molecule has 1 amide bonds. The fourth-order valence-electron chi connectivity index (χ4n) is 2.22. The van der Waals surface area contributed by atoms with Crippen molar-refractivity contribution < 1.29 is 14.5 Å². The van der Waals surface area contributed by atoms with Crippen molar-refractivity contribution in [1.82, 2.24) is 0 Å². The number of carbonyl (C=O) groups excluding carboxylic acids is 1. The van der Waals surface area contributed by atoms with Crippen LogP contribution in [0.2, 0.25) is 0 Å². The molecule has 7 heteroatoms. The number of nitrogens with zero attached hydrogens (tertiary/aromatic N) is 2. The van der Waals surface area contributed by atoms with Crippen LogP contribution in [-0.2, 0) is 11.2 Å². The van der Waals surface area contributed by atoms with Crippen LogP contribution in [0, 0.1) is 21.4 Å². The molecule has 0 aromatic heterocycles. The Kier molecular flexibility index (Phi) is 6.48. The van der Waals surface area contributed by atoms with Gasteiger partial charge in [0.05, 0.1) is 24.0 Å². The average molecular weight is 339 g/mol. The predicted octanol–water partition coefficient (Wildman–Crippen LogP) is 3.46. The molecule has 0 atom stereocenters. The number of nitrogens with one attached hydrogen (secondary N) is 1. The molecule has 0 aliphatic rings. The Morgan fingerprint density at radius 1 is 1.24 bits per heavy atom. The zero-order valence-corrected chi connectivity index (χ0v) is 13.5. The van der Waals surface area contributed by atoms with Gasteiger partial charge in [0.1, 0.15) is 5.75 Å². The molecule has 0 saturated heterocycles. The number of hydrogen-bond donors (Lipinski definition) is 1. The van der Waals surface area contributed by atoms with E-state index in [2.05, 4.69) is 5.32 Å². The lowest BCUT2D eigenvalue weighted by Crippen LogP contribution is -2.15. The number of ether oxygens (including phenoxy) is 1. The quantitative estimate of drug-likeness (QED) is 0.450. The van der Waals surface area contributed by atoms with Gasteiger partial charge in [0.15, 0.2) is 0 Å². The first kappa shape index (κ1) is 17.9. The summed E-state index contributed by atoms with van der Waals surface area (Å²) in [6.45, 7) is 0.418. The lowest BCUT2D eigenvalue weighted by Gasteiger charge is -2.09. The van der Waals surface area contributed by atoms with Gasteiger partial charge in [0.25, 0.3) is 5.69 Å². The SMILES string of the molecule is N#CCCCOc1cccc(NC(=O)Cc2ccccc2[N+](=O)[O-])c1. The maximum atomic E-state index is 12.2. The highest BCUT2D eigenvalue weighted by atomic mass is 16.6. The molecule has 0 aliphatic heterocycles. The van der Waals surface area contributed by atoms with Crippen LogP contribution in [0.15, 0.2) is 48.5 Å². The second-order valence-electron chi connectivity index (χ2n) is 5.25. The Balaban J connectivity index is 1.97. The summed E-state index contributed by atoms with van der Waals surface area (Å²) in [5.41, 5.74) is 0.822. The summed E-state index contributed by atoms with van der Waals surface area (Å²) in [7, 11) is 0. The Morgan fingerprint density at radius 2 is 2.04 bits per heavy atom. The third-order valence-electron chi connectivity index (χ3n) is 3.36. The van der Waals surface area contributed by atoms with Crippen molar-refractivity contribution in [3.8, 4) is 11.8 Å². The molecule has 128 valence electrons. The first-order chi connectivity index (χ1) is 12.1. The van der Waals surface area contributed by atoms with Gasteiger partial charge in [-0.3, -0.25) is 14.9 Å². The molecule has 2 aromatic carbocycles. The van der Waals surface area contributed by atoms with E-state index in [9.17, 15) is 14.9 Å². The van der Waals surface area contributed by atoms with Gasteiger partial charge in [-0.05, 0) is 18.6 Å². The van der Waals surface area contributed by atoms with E-state index in [4.69, 9.17) is 10.00 Å². The Labute approximate surface area is 145 Å². The molecule has 2 rings (SSSR count). The Bertz CT molecular complexity index is 799. The molecular weight excluding hydrogens is 322 g/mol. The van der Waals surface area contributed by atoms with Crippen LogP contribution >= 0.6 is 0 Å². The molecule has 7 nitrogen and oxygen atoms in total. The standard InChI is InChI=1S/C18H17N3O4/c19-10-3-4-11-25-16-8-5-7-15(13-16)20-18(22)12-14-6-1-2-9-17(14)21(23)24/h1-2,5-9,13H,3-4,11-12H2,(H,20,22). The molecule has 1 N–H and O–H groups in total. The lowest BCUT2D eigenvalue weighted by molar-refractivity contribution is -0.385. The number of amides is 1. The van der Waals surface area contributed by atoms with Gasteiger partial charge in [-0.15, -0.1) is 0 Å². The van der Waals surface area contributed by atoms with Crippen molar-refractivity contribution in [2.75, 3.05) is 11.9 Å². The van der Waals surface area contributed by atoms with Gasteiger partial charge >= 0.3 is 0 Å². The van der Waals surface area contributed by atoms with Crippen LogP contribution in [0.4, 0.5) is 11.4 Å². The number of carbonyl (C=O) groups is 1. The third-order valence-corrected chi connectivity index (χ3v) is 3.36. The van der Waals surface area contributed by atoms with Gasteiger partial charge in [-0.1, -0.05) is 24.3 Å².